The van der Waals surface area contributed by atoms with Gasteiger partial charge in [-0.1, -0.05) is 30.3 Å². The van der Waals surface area contributed by atoms with Gasteiger partial charge in [0.15, 0.2) is 0 Å². The molecule has 140 valence electrons. The van der Waals surface area contributed by atoms with Crippen LogP contribution in [0.3, 0.4) is 0 Å². The minimum absolute atomic E-state index is 0.0378. The summed E-state index contributed by atoms with van der Waals surface area (Å²) in [5.41, 5.74) is 2.12. The highest BCUT2D eigenvalue weighted by molar-refractivity contribution is 5.89. The number of ether oxygens (including phenoxy) is 1. The molecule has 2 amide bonds. The molecule has 0 fully saturated rings. The van der Waals surface area contributed by atoms with E-state index in [4.69, 9.17) is 0 Å². The number of carbonyl (C=O) groups is 1. The van der Waals surface area contributed by atoms with Crippen molar-refractivity contribution in [3.63, 3.8) is 0 Å². The maximum atomic E-state index is 12.4. The molecule has 0 radical (unpaired) electrons. The van der Waals surface area contributed by atoms with Gasteiger partial charge < -0.3 is 15.4 Å². The summed E-state index contributed by atoms with van der Waals surface area (Å²) in [5.74, 6) is 0.0378. The number of carbonyl (C=O) groups excluding carboxylic acids is 1. The second-order valence-electron chi connectivity index (χ2n) is 5.69. The van der Waals surface area contributed by atoms with Crippen LogP contribution in [0.15, 0.2) is 67.0 Å². The molecule has 0 unspecified atom stereocenters. The Kier molecular flexibility index (Phi) is 5.98. The standard InChI is InChI=1S/C19H18F2N4O2/c20-18(21)27-17-5-2-1-4-15(17)12-22-19(26)24-16-8-6-14(7-9-16)13-25-11-3-10-23-25/h1-11,18H,12-13H2,(H2,22,24,26). The van der Waals surface area contributed by atoms with Gasteiger partial charge in [0, 0.05) is 30.2 Å². The third-order valence-corrected chi connectivity index (χ3v) is 3.74. The van der Waals surface area contributed by atoms with Crippen molar-refractivity contribution in [1.29, 1.82) is 0 Å². The second kappa shape index (κ2) is 8.79. The summed E-state index contributed by atoms with van der Waals surface area (Å²) in [7, 11) is 0. The summed E-state index contributed by atoms with van der Waals surface area (Å²) in [4.78, 5) is 12.0. The van der Waals surface area contributed by atoms with Crippen molar-refractivity contribution in [3.8, 4) is 5.75 Å². The Morgan fingerprint density at radius 2 is 1.89 bits per heavy atom. The van der Waals surface area contributed by atoms with Gasteiger partial charge in [-0.05, 0) is 29.8 Å². The monoisotopic (exact) mass is 372 g/mol. The van der Waals surface area contributed by atoms with E-state index in [1.54, 1.807) is 41.2 Å². The van der Waals surface area contributed by atoms with Crippen LogP contribution in [0, 0.1) is 0 Å². The number of aromatic nitrogens is 2. The van der Waals surface area contributed by atoms with Crippen LogP contribution in [0.1, 0.15) is 11.1 Å². The fourth-order valence-corrected chi connectivity index (χ4v) is 2.49. The lowest BCUT2D eigenvalue weighted by Crippen LogP contribution is -2.28. The van der Waals surface area contributed by atoms with Gasteiger partial charge in [-0.3, -0.25) is 4.68 Å². The number of hydrogen-bond donors (Lipinski definition) is 2. The summed E-state index contributed by atoms with van der Waals surface area (Å²) in [6, 6.07) is 15.1. The Labute approximate surface area is 154 Å². The van der Waals surface area contributed by atoms with Crippen LogP contribution in [-0.4, -0.2) is 22.4 Å². The second-order valence-corrected chi connectivity index (χ2v) is 5.69. The SMILES string of the molecule is O=C(NCc1ccccc1OC(F)F)Nc1ccc(Cn2cccn2)cc1. The quantitative estimate of drug-likeness (QED) is 0.662. The van der Waals surface area contributed by atoms with E-state index in [0.717, 1.165) is 5.56 Å². The summed E-state index contributed by atoms with van der Waals surface area (Å²) in [5, 5.41) is 9.46. The Bertz CT molecular complexity index is 868. The van der Waals surface area contributed by atoms with Gasteiger partial charge in [0.2, 0.25) is 0 Å². The third-order valence-electron chi connectivity index (χ3n) is 3.74. The number of benzene rings is 2. The average Bonchev–Trinajstić information content (AvgIpc) is 3.15. The first kappa shape index (κ1) is 18.4. The molecule has 0 saturated carbocycles. The lowest BCUT2D eigenvalue weighted by Gasteiger charge is -2.12. The molecule has 0 bridgehead atoms. The number of alkyl halides is 2. The first-order chi connectivity index (χ1) is 13.1. The van der Waals surface area contributed by atoms with Gasteiger partial charge in [-0.2, -0.15) is 13.9 Å². The molecule has 27 heavy (non-hydrogen) atoms. The van der Waals surface area contributed by atoms with Crippen molar-refractivity contribution in [3.05, 3.63) is 78.1 Å². The van der Waals surface area contributed by atoms with Crippen molar-refractivity contribution < 1.29 is 18.3 Å². The Hall–Kier alpha value is -3.42. The number of hydrogen-bond acceptors (Lipinski definition) is 3. The fourth-order valence-electron chi connectivity index (χ4n) is 2.49. The van der Waals surface area contributed by atoms with Crippen molar-refractivity contribution in [2.45, 2.75) is 19.7 Å². The van der Waals surface area contributed by atoms with Crippen LogP contribution in [0.4, 0.5) is 19.3 Å². The predicted octanol–water partition coefficient (Wildman–Crippen LogP) is 3.85. The maximum absolute atomic E-state index is 12.4. The molecule has 0 aliphatic rings. The van der Waals surface area contributed by atoms with Crippen molar-refractivity contribution >= 4 is 11.7 Å². The minimum Gasteiger partial charge on any atom is -0.434 e. The zero-order valence-electron chi connectivity index (χ0n) is 14.3. The van der Waals surface area contributed by atoms with Crippen LogP contribution < -0.4 is 15.4 Å². The Morgan fingerprint density at radius 1 is 1.11 bits per heavy atom. The number of urea groups is 1. The fraction of sp³-hybridized carbons (Fsp3) is 0.158. The van der Waals surface area contributed by atoms with Crippen LogP contribution in [0.2, 0.25) is 0 Å². The van der Waals surface area contributed by atoms with Crippen LogP contribution in [-0.2, 0) is 13.1 Å². The molecule has 3 rings (SSSR count). The highest BCUT2D eigenvalue weighted by Gasteiger charge is 2.10. The van der Waals surface area contributed by atoms with Gasteiger partial charge in [-0.25, -0.2) is 4.79 Å². The number of anilines is 1. The molecular formula is C19H18F2N4O2. The average molecular weight is 372 g/mol. The van der Waals surface area contributed by atoms with Crippen LogP contribution in [0.25, 0.3) is 0 Å². The number of halogens is 2. The van der Waals surface area contributed by atoms with E-state index in [0.29, 0.717) is 17.8 Å². The molecule has 6 nitrogen and oxygen atoms in total. The lowest BCUT2D eigenvalue weighted by atomic mass is 10.2. The van der Waals surface area contributed by atoms with E-state index in [1.807, 2.05) is 24.4 Å². The van der Waals surface area contributed by atoms with E-state index in [1.165, 1.54) is 6.07 Å². The van der Waals surface area contributed by atoms with E-state index in [-0.39, 0.29) is 12.3 Å². The van der Waals surface area contributed by atoms with Gasteiger partial charge in [0.1, 0.15) is 5.75 Å². The first-order valence-electron chi connectivity index (χ1n) is 8.24. The topological polar surface area (TPSA) is 68.2 Å². The highest BCUT2D eigenvalue weighted by Crippen LogP contribution is 2.20. The van der Waals surface area contributed by atoms with Crippen molar-refractivity contribution in [1.82, 2.24) is 15.1 Å². The van der Waals surface area contributed by atoms with Crippen LogP contribution >= 0.6 is 0 Å². The smallest absolute Gasteiger partial charge is 0.387 e. The maximum Gasteiger partial charge on any atom is 0.387 e. The molecule has 1 heterocycles. The summed E-state index contributed by atoms with van der Waals surface area (Å²) < 4.78 is 31.1. The predicted molar refractivity (Wildman–Crippen MR) is 96.7 cm³/mol. The molecule has 0 spiro atoms. The lowest BCUT2D eigenvalue weighted by molar-refractivity contribution is -0.0504. The number of rotatable bonds is 7. The summed E-state index contributed by atoms with van der Waals surface area (Å²) >= 11 is 0. The van der Waals surface area contributed by atoms with E-state index in [2.05, 4.69) is 20.5 Å². The largest absolute Gasteiger partial charge is 0.434 e. The van der Waals surface area contributed by atoms with Gasteiger partial charge in [0.05, 0.1) is 6.54 Å². The van der Waals surface area contributed by atoms with Crippen molar-refractivity contribution in [2.75, 3.05) is 5.32 Å². The molecule has 0 aliphatic carbocycles. The molecule has 3 aromatic rings. The molecular weight excluding hydrogens is 354 g/mol. The third kappa shape index (κ3) is 5.53. The number of para-hydroxylation sites is 1. The summed E-state index contributed by atoms with van der Waals surface area (Å²) in [6.45, 7) is -2.22. The zero-order chi connectivity index (χ0) is 19.1. The Morgan fingerprint density at radius 3 is 2.59 bits per heavy atom. The van der Waals surface area contributed by atoms with E-state index in [9.17, 15) is 13.6 Å². The van der Waals surface area contributed by atoms with Crippen molar-refractivity contribution in [2.24, 2.45) is 0 Å². The van der Waals surface area contributed by atoms with Gasteiger partial charge >= 0.3 is 12.6 Å². The minimum atomic E-state index is -2.92. The molecule has 0 saturated heterocycles. The first-order valence-corrected chi connectivity index (χ1v) is 8.24. The van der Waals surface area contributed by atoms with Crippen LogP contribution in [0.5, 0.6) is 5.75 Å². The van der Waals surface area contributed by atoms with Gasteiger partial charge in [-0.15, -0.1) is 0 Å². The molecule has 8 heteroatoms. The molecule has 0 aliphatic heterocycles. The van der Waals surface area contributed by atoms with Gasteiger partial charge in [0.25, 0.3) is 0 Å². The molecule has 2 N–H and O–H groups in total. The zero-order valence-corrected chi connectivity index (χ0v) is 14.3. The highest BCUT2D eigenvalue weighted by atomic mass is 19.3. The normalized spacial score (nSPS) is 10.6. The molecule has 2 aromatic carbocycles. The molecule has 1 aromatic heterocycles. The molecule has 0 atom stereocenters. The summed E-state index contributed by atoms with van der Waals surface area (Å²) in [6.07, 6.45) is 3.58. The van der Waals surface area contributed by atoms with E-state index >= 15 is 0 Å². The van der Waals surface area contributed by atoms with E-state index < -0.39 is 12.6 Å². The number of nitrogens with zero attached hydrogens (tertiary/aromatic N) is 2. The Balaban J connectivity index is 1.52. The number of amides is 2. The number of nitrogens with one attached hydrogen (secondary N) is 2.